The molecule has 0 spiro atoms. The minimum Gasteiger partial charge on any atom is -0.450 e. The van der Waals surface area contributed by atoms with Crippen molar-refractivity contribution < 1.29 is 9.53 Å². The lowest BCUT2D eigenvalue weighted by Gasteiger charge is -2.22. The first-order valence-corrected chi connectivity index (χ1v) is 4.76. The van der Waals surface area contributed by atoms with E-state index >= 15 is 0 Å². The van der Waals surface area contributed by atoms with Gasteiger partial charge in [0.15, 0.2) is 0 Å². The number of amides is 1. The first-order chi connectivity index (χ1) is 5.83. The van der Waals surface area contributed by atoms with Crippen LogP contribution in [0.3, 0.4) is 0 Å². The normalized spacial score (nSPS) is 18.8. The zero-order valence-electron chi connectivity index (χ0n) is 7.64. The molecule has 12 heavy (non-hydrogen) atoms. The molecule has 1 rings (SSSR count). The molecule has 0 aromatic heterocycles. The molecule has 1 amide bonds. The van der Waals surface area contributed by atoms with Gasteiger partial charge in [-0.1, -0.05) is 19.3 Å². The largest absolute Gasteiger partial charge is 0.450 e. The lowest BCUT2D eigenvalue weighted by atomic mass is 9.96. The summed E-state index contributed by atoms with van der Waals surface area (Å²) >= 11 is 0. The summed E-state index contributed by atoms with van der Waals surface area (Å²) in [4.78, 5) is 11.0. The van der Waals surface area contributed by atoms with Crippen molar-refractivity contribution in [2.24, 2.45) is 0 Å². The van der Waals surface area contributed by atoms with Crippen molar-refractivity contribution in [3.05, 3.63) is 0 Å². The Labute approximate surface area is 73.5 Å². The molecule has 0 radical (unpaired) electrons. The summed E-state index contributed by atoms with van der Waals surface area (Å²) in [5.41, 5.74) is 0. The predicted molar refractivity (Wildman–Crippen MR) is 47.0 cm³/mol. The van der Waals surface area contributed by atoms with Crippen LogP contribution in [0.5, 0.6) is 0 Å². The molecular weight excluding hydrogens is 154 g/mol. The smallest absolute Gasteiger partial charge is 0.407 e. The van der Waals surface area contributed by atoms with Crippen LogP contribution in [0.15, 0.2) is 0 Å². The van der Waals surface area contributed by atoms with E-state index in [1.807, 2.05) is 6.92 Å². The van der Waals surface area contributed by atoms with E-state index in [4.69, 9.17) is 4.74 Å². The van der Waals surface area contributed by atoms with Gasteiger partial charge in [-0.25, -0.2) is 4.79 Å². The zero-order chi connectivity index (χ0) is 8.81. The van der Waals surface area contributed by atoms with Crippen LogP contribution < -0.4 is 5.32 Å². The molecule has 0 unspecified atom stereocenters. The first kappa shape index (κ1) is 9.36. The van der Waals surface area contributed by atoms with Gasteiger partial charge in [-0.3, -0.25) is 0 Å². The first-order valence-electron chi connectivity index (χ1n) is 4.76. The maximum Gasteiger partial charge on any atom is 0.407 e. The van der Waals surface area contributed by atoms with Crippen LogP contribution in [0.2, 0.25) is 0 Å². The van der Waals surface area contributed by atoms with Crippen molar-refractivity contribution in [1.29, 1.82) is 0 Å². The number of hydrogen-bond acceptors (Lipinski definition) is 2. The molecule has 1 fully saturated rings. The van der Waals surface area contributed by atoms with Gasteiger partial charge in [0.25, 0.3) is 0 Å². The second-order valence-corrected chi connectivity index (χ2v) is 3.20. The maximum absolute atomic E-state index is 11.0. The number of alkyl carbamates (subject to hydrolysis) is 1. The summed E-state index contributed by atoms with van der Waals surface area (Å²) in [6.07, 6.45) is 5.73. The Morgan fingerprint density at radius 1 is 1.42 bits per heavy atom. The van der Waals surface area contributed by atoms with Gasteiger partial charge in [0, 0.05) is 6.04 Å². The Morgan fingerprint density at radius 2 is 2.08 bits per heavy atom. The van der Waals surface area contributed by atoms with Crippen molar-refractivity contribution >= 4 is 6.09 Å². The SMILES string of the molecule is CCOC(=O)NC1CCCCC1. The fourth-order valence-corrected chi connectivity index (χ4v) is 1.59. The highest BCUT2D eigenvalue weighted by molar-refractivity contribution is 5.67. The molecule has 3 heteroatoms. The second-order valence-electron chi connectivity index (χ2n) is 3.20. The van der Waals surface area contributed by atoms with Gasteiger partial charge in [-0.2, -0.15) is 0 Å². The van der Waals surface area contributed by atoms with Crippen molar-refractivity contribution in [2.45, 2.75) is 45.1 Å². The standard InChI is InChI=1S/C9H17NO2/c1-2-12-9(11)10-8-6-4-3-5-7-8/h8H,2-7H2,1H3,(H,10,11). The molecule has 0 aliphatic heterocycles. The van der Waals surface area contributed by atoms with E-state index in [0.717, 1.165) is 12.8 Å². The minimum atomic E-state index is -0.260. The van der Waals surface area contributed by atoms with Crippen molar-refractivity contribution in [2.75, 3.05) is 6.61 Å². The predicted octanol–water partition coefficient (Wildman–Crippen LogP) is 2.07. The van der Waals surface area contributed by atoms with Gasteiger partial charge < -0.3 is 10.1 Å². The van der Waals surface area contributed by atoms with E-state index in [1.54, 1.807) is 0 Å². The highest BCUT2D eigenvalue weighted by Crippen LogP contribution is 2.17. The topological polar surface area (TPSA) is 38.3 Å². The molecule has 0 aromatic rings. The molecule has 3 nitrogen and oxygen atoms in total. The molecule has 0 saturated heterocycles. The van der Waals surface area contributed by atoms with Crippen LogP contribution in [0, 0.1) is 0 Å². The van der Waals surface area contributed by atoms with Gasteiger partial charge in [-0.15, -0.1) is 0 Å². The molecule has 1 N–H and O–H groups in total. The van der Waals surface area contributed by atoms with Crippen LogP contribution in [-0.2, 0) is 4.74 Å². The fraction of sp³-hybridized carbons (Fsp3) is 0.889. The maximum atomic E-state index is 11.0. The van der Waals surface area contributed by atoms with E-state index < -0.39 is 0 Å². The fourth-order valence-electron chi connectivity index (χ4n) is 1.59. The van der Waals surface area contributed by atoms with Crippen molar-refractivity contribution in [3.63, 3.8) is 0 Å². The summed E-state index contributed by atoms with van der Waals surface area (Å²) in [6, 6.07) is 0.359. The lowest BCUT2D eigenvalue weighted by molar-refractivity contribution is 0.145. The van der Waals surface area contributed by atoms with Crippen LogP contribution in [-0.4, -0.2) is 18.7 Å². The number of hydrogen-bond donors (Lipinski definition) is 1. The number of rotatable bonds is 2. The van der Waals surface area contributed by atoms with Crippen molar-refractivity contribution in [3.8, 4) is 0 Å². The highest BCUT2D eigenvalue weighted by Gasteiger charge is 2.15. The van der Waals surface area contributed by atoms with E-state index in [9.17, 15) is 4.79 Å². The summed E-state index contributed by atoms with van der Waals surface area (Å²) < 4.78 is 4.79. The third kappa shape index (κ3) is 3.11. The Balaban J connectivity index is 2.15. The summed E-state index contributed by atoms with van der Waals surface area (Å²) in [6.45, 7) is 2.28. The molecule has 0 aromatic carbocycles. The van der Waals surface area contributed by atoms with E-state index in [0.29, 0.717) is 12.6 Å². The molecule has 0 atom stereocenters. The molecule has 0 bridgehead atoms. The zero-order valence-corrected chi connectivity index (χ0v) is 7.64. The number of carbonyl (C=O) groups is 1. The van der Waals surface area contributed by atoms with Gasteiger partial charge in [-0.05, 0) is 19.8 Å². The molecule has 0 heterocycles. The molecule has 70 valence electrons. The third-order valence-electron chi connectivity index (χ3n) is 2.20. The van der Waals surface area contributed by atoms with Crippen LogP contribution >= 0.6 is 0 Å². The molecular formula is C9H17NO2. The number of carbonyl (C=O) groups excluding carboxylic acids is 1. The number of ether oxygens (including phenoxy) is 1. The van der Waals surface area contributed by atoms with Gasteiger partial charge in [0.05, 0.1) is 6.61 Å². The van der Waals surface area contributed by atoms with Crippen LogP contribution in [0.1, 0.15) is 39.0 Å². The Morgan fingerprint density at radius 3 is 2.67 bits per heavy atom. The number of nitrogens with one attached hydrogen (secondary N) is 1. The minimum absolute atomic E-state index is 0.260. The van der Waals surface area contributed by atoms with Crippen LogP contribution in [0.4, 0.5) is 4.79 Å². The Bertz CT molecular complexity index is 141. The molecule has 1 aliphatic carbocycles. The average Bonchev–Trinajstić information content (AvgIpc) is 2.06. The monoisotopic (exact) mass is 171 g/mol. The third-order valence-corrected chi connectivity index (χ3v) is 2.20. The summed E-state index contributed by atoms with van der Waals surface area (Å²) in [5, 5.41) is 2.86. The lowest BCUT2D eigenvalue weighted by Crippen LogP contribution is -2.36. The average molecular weight is 171 g/mol. The van der Waals surface area contributed by atoms with Crippen LogP contribution in [0.25, 0.3) is 0 Å². The molecule has 1 saturated carbocycles. The van der Waals surface area contributed by atoms with Gasteiger partial charge in [0.2, 0.25) is 0 Å². The second kappa shape index (κ2) is 5.01. The molecule has 1 aliphatic rings. The van der Waals surface area contributed by atoms with E-state index in [-0.39, 0.29) is 6.09 Å². The van der Waals surface area contributed by atoms with Gasteiger partial charge >= 0.3 is 6.09 Å². The van der Waals surface area contributed by atoms with E-state index in [1.165, 1.54) is 19.3 Å². The quantitative estimate of drug-likeness (QED) is 0.690. The van der Waals surface area contributed by atoms with E-state index in [2.05, 4.69) is 5.32 Å². The van der Waals surface area contributed by atoms with Gasteiger partial charge in [0.1, 0.15) is 0 Å². The van der Waals surface area contributed by atoms with Crippen molar-refractivity contribution in [1.82, 2.24) is 5.32 Å². The Hall–Kier alpha value is -0.730. The summed E-state index contributed by atoms with van der Waals surface area (Å²) in [7, 11) is 0. The Kier molecular flexibility index (Phi) is 3.91. The summed E-state index contributed by atoms with van der Waals surface area (Å²) in [5.74, 6) is 0. The highest BCUT2D eigenvalue weighted by atomic mass is 16.5.